The van der Waals surface area contributed by atoms with Crippen LogP contribution < -0.4 is 5.32 Å². The summed E-state index contributed by atoms with van der Waals surface area (Å²) in [7, 11) is 0. The number of aliphatic hydroxyl groups excluding tert-OH is 2. The van der Waals surface area contributed by atoms with Crippen molar-refractivity contribution in [3.8, 4) is 11.5 Å². The second-order valence-corrected chi connectivity index (χ2v) is 4.73. The van der Waals surface area contributed by atoms with Crippen LogP contribution in [0.1, 0.15) is 23.7 Å². The SMILES string of the molecule is CCC(CO)(CO)NC(=O)c1ccc(-c2nnco2)cc1. The van der Waals surface area contributed by atoms with Crippen LogP contribution in [0, 0.1) is 0 Å². The lowest BCUT2D eigenvalue weighted by atomic mass is 9.97. The van der Waals surface area contributed by atoms with Gasteiger partial charge < -0.3 is 19.9 Å². The maximum atomic E-state index is 12.2. The van der Waals surface area contributed by atoms with Gasteiger partial charge in [0.05, 0.1) is 18.8 Å². The smallest absolute Gasteiger partial charge is 0.251 e. The molecule has 1 aromatic heterocycles. The average molecular weight is 291 g/mol. The monoisotopic (exact) mass is 291 g/mol. The van der Waals surface area contributed by atoms with Gasteiger partial charge in [0, 0.05) is 11.1 Å². The van der Waals surface area contributed by atoms with Gasteiger partial charge in [0.15, 0.2) is 0 Å². The minimum atomic E-state index is -1.01. The quantitative estimate of drug-likeness (QED) is 0.719. The zero-order chi connectivity index (χ0) is 15.3. The molecule has 0 atom stereocenters. The molecule has 0 saturated heterocycles. The van der Waals surface area contributed by atoms with Gasteiger partial charge in [-0.15, -0.1) is 10.2 Å². The zero-order valence-corrected chi connectivity index (χ0v) is 11.6. The van der Waals surface area contributed by atoms with Crippen LogP contribution in [0.25, 0.3) is 11.5 Å². The van der Waals surface area contributed by atoms with Gasteiger partial charge in [-0.05, 0) is 30.7 Å². The first kappa shape index (κ1) is 15.1. The Morgan fingerprint density at radius 2 is 1.95 bits per heavy atom. The normalized spacial score (nSPS) is 11.4. The molecule has 2 aromatic rings. The fraction of sp³-hybridized carbons (Fsp3) is 0.357. The van der Waals surface area contributed by atoms with E-state index in [1.165, 1.54) is 6.39 Å². The number of amides is 1. The van der Waals surface area contributed by atoms with Crippen LogP contribution in [0.3, 0.4) is 0 Å². The second-order valence-electron chi connectivity index (χ2n) is 4.73. The molecular formula is C14H17N3O4. The maximum Gasteiger partial charge on any atom is 0.251 e. The Bertz CT molecular complexity index is 569. The molecule has 0 radical (unpaired) electrons. The number of rotatable bonds is 6. The molecular weight excluding hydrogens is 274 g/mol. The molecule has 0 spiro atoms. The van der Waals surface area contributed by atoms with E-state index < -0.39 is 5.54 Å². The number of benzene rings is 1. The number of carbonyl (C=O) groups is 1. The molecule has 1 aromatic carbocycles. The molecule has 2 rings (SSSR count). The van der Waals surface area contributed by atoms with Crippen molar-refractivity contribution >= 4 is 5.91 Å². The van der Waals surface area contributed by atoms with Crippen LogP contribution in [0.2, 0.25) is 0 Å². The van der Waals surface area contributed by atoms with Gasteiger partial charge in [-0.3, -0.25) is 4.79 Å². The van der Waals surface area contributed by atoms with Gasteiger partial charge in [0.1, 0.15) is 0 Å². The summed E-state index contributed by atoms with van der Waals surface area (Å²) in [5, 5.41) is 28.7. The van der Waals surface area contributed by atoms with Crippen molar-refractivity contribution in [2.24, 2.45) is 0 Å². The molecule has 3 N–H and O–H groups in total. The molecule has 21 heavy (non-hydrogen) atoms. The fourth-order valence-electron chi connectivity index (χ4n) is 1.82. The first-order valence-corrected chi connectivity index (χ1v) is 6.55. The van der Waals surface area contributed by atoms with E-state index in [1.807, 2.05) is 0 Å². The Morgan fingerprint density at radius 1 is 1.29 bits per heavy atom. The number of aliphatic hydroxyl groups is 2. The van der Waals surface area contributed by atoms with Crippen LogP contribution in [0.5, 0.6) is 0 Å². The second kappa shape index (κ2) is 6.47. The molecule has 112 valence electrons. The van der Waals surface area contributed by atoms with Gasteiger partial charge in [-0.1, -0.05) is 6.92 Å². The van der Waals surface area contributed by atoms with E-state index in [9.17, 15) is 15.0 Å². The zero-order valence-electron chi connectivity index (χ0n) is 11.6. The highest BCUT2D eigenvalue weighted by atomic mass is 16.4. The Labute approximate surface area is 121 Å². The first-order chi connectivity index (χ1) is 10.1. The van der Waals surface area contributed by atoms with Crippen molar-refractivity contribution in [1.29, 1.82) is 0 Å². The lowest BCUT2D eigenvalue weighted by Gasteiger charge is -2.29. The number of hydrogen-bond acceptors (Lipinski definition) is 6. The minimum absolute atomic E-state index is 0.328. The third-order valence-electron chi connectivity index (χ3n) is 3.41. The summed E-state index contributed by atoms with van der Waals surface area (Å²) >= 11 is 0. The molecule has 0 aliphatic carbocycles. The van der Waals surface area contributed by atoms with E-state index in [0.29, 0.717) is 23.4 Å². The van der Waals surface area contributed by atoms with Crippen molar-refractivity contribution < 1.29 is 19.4 Å². The molecule has 0 aliphatic heterocycles. The van der Waals surface area contributed by atoms with Crippen LogP contribution in [0.15, 0.2) is 35.1 Å². The molecule has 0 unspecified atom stereocenters. The lowest BCUT2D eigenvalue weighted by Crippen LogP contribution is -2.53. The number of nitrogens with zero attached hydrogens (tertiary/aromatic N) is 2. The van der Waals surface area contributed by atoms with Crippen molar-refractivity contribution in [3.63, 3.8) is 0 Å². The number of nitrogens with one attached hydrogen (secondary N) is 1. The summed E-state index contributed by atoms with van der Waals surface area (Å²) in [6, 6.07) is 6.61. The van der Waals surface area contributed by atoms with Crippen LogP contribution >= 0.6 is 0 Å². The topological polar surface area (TPSA) is 108 Å². The van der Waals surface area contributed by atoms with E-state index in [1.54, 1.807) is 31.2 Å². The van der Waals surface area contributed by atoms with Gasteiger partial charge in [0.2, 0.25) is 12.3 Å². The lowest BCUT2D eigenvalue weighted by molar-refractivity contribution is 0.0653. The van der Waals surface area contributed by atoms with Gasteiger partial charge >= 0.3 is 0 Å². The van der Waals surface area contributed by atoms with Gasteiger partial charge in [0.25, 0.3) is 5.91 Å². The Morgan fingerprint density at radius 3 is 2.43 bits per heavy atom. The van der Waals surface area contributed by atoms with E-state index in [2.05, 4.69) is 15.5 Å². The van der Waals surface area contributed by atoms with E-state index >= 15 is 0 Å². The molecule has 1 heterocycles. The summed E-state index contributed by atoms with van der Waals surface area (Å²) in [5.74, 6) is 0.00705. The standard InChI is InChI=1S/C14H17N3O4/c1-2-14(7-18,8-19)16-12(20)10-3-5-11(6-4-10)13-17-15-9-21-13/h3-6,9,18-19H,2,7-8H2,1H3,(H,16,20). The molecule has 0 saturated carbocycles. The molecule has 1 amide bonds. The van der Waals surface area contributed by atoms with Crippen molar-refractivity contribution in [3.05, 3.63) is 36.2 Å². The summed E-state index contributed by atoms with van der Waals surface area (Å²) < 4.78 is 5.06. The predicted octanol–water partition coefficient (Wildman–Crippen LogP) is 0.600. The van der Waals surface area contributed by atoms with Crippen LogP contribution in [-0.2, 0) is 0 Å². The minimum Gasteiger partial charge on any atom is -0.423 e. The summed E-state index contributed by atoms with van der Waals surface area (Å²) in [6.07, 6.45) is 1.65. The fourth-order valence-corrected chi connectivity index (χ4v) is 1.82. The highest BCUT2D eigenvalue weighted by Crippen LogP contribution is 2.17. The molecule has 0 aliphatic rings. The van der Waals surface area contributed by atoms with Crippen molar-refractivity contribution in [2.75, 3.05) is 13.2 Å². The largest absolute Gasteiger partial charge is 0.423 e. The number of carbonyl (C=O) groups excluding carboxylic acids is 1. The third-order valence-corrected chi connectivity index (χ3v) is 3.41. The van der Waals surface area contributed by atoms with E-state index in [4.69, 9.17) is 4.42 Å². The van der Waals surface area contributed by atoms with E-state index in [0.717, 1.165) is 0 Å². The first-order valence-electron chi connectivity index (χ1n) is 6.55. The number of aromatic nitrogens is 2. The highest BCUT2D eigenvalue weighted by molar-refractivity contribution is 5.95. The van der Waals surface area contributed by atoms with Gasteiger partial charge in [-0.2, -0.15) is 0 Å². The molecule has 0 fully saturated rings. The highest BCUT2D eigenvalue weighted by Gasteiger charge is 2.28. The molecule has 7 nitrogen and oxygen atoms in total. The summed E-state index contributed by atoms with van der Waals surface area (Å²) in [6.45, 7) is 1.13. The van der Waals surface area contributed by atoms with Crippen molar-refractivity contribution in [1.82, 2.24) is 15.5 Å². The van der Waals surface area contributed by atoms with Crippen LogP contribution in [0.4, 0.5) is 0 Å². The third kappa shape index (κ3) is 3.26. The average Bonchev–Trinajstić information content (AvgIpc) is 3.07. The Balaban J connectivity index is 2.13. The molecule has 7 heteroatoms. The maximum absolute atomic E-state index is 12.2. The predicted molar refractivity (Wildman–Crippen MR) is 74.4 cm³/mol. The summed E-state index contributed by atoms with van der Waals surface area (Å²) in [4.78, 5) is 12.2. The van der Waals surface area contributed by atoms with Crippen LogP contribution in [-0.4, -0.2) is 45.1 Å². The number of hydrogen-bond donors (Lipinski definition) is 3. The van der Waals surface area contributed by atoms with Gasteiger partial charge in [-0.25, -0.2) is 0 Å². The Hall–Kier alpha value is -2.25. The summed E-state index contributed by atoms with van der Waals surface area (Å²) in [5.41, 5.74) is 0.107. The molecule has 0 bridgehead atoms. The Kier molecular flexibility index (Phi) is 4.66. The van der Waals surface area contributed by atoms with E-state index in [-0.39, 0.29) is 19.1 Å². The van der Waals surface area contributed by atoms with Crippen molar-refractivity contribution in [2.45, 2.75) is 18.9 Å².